The molecule has 4 aliphatic carbocycles. The highest BCUT2D eigenvalue weighted by molar-refractivity contribution is 6.11. The molecular formula is C32H50O5. The number of Topliss-reactive ketones (excluding diaryl/α,β-unsaturated/α-hetero) is 2. The lowest BCUT2D eigenvalue weighted by atomic mass is 9.42. The largest absolute Gasteiger partial charge is 0.462 e. The second-order valence-corrected chi connectivity index (χ2v) is 15.0. The van der Waals surface area contributed by atoms with Crippen LogP contribution in [0, 0.1) is 39.4 Å². The molecule has 0 bridgehead atoms. The maximum atomic E-state index is 14.2. The van der Waals surface area contributed by atoms with Crippen molar-refractivity contribution < 1.29 is 24.2 Å². The van der Waals surface area contributed by atoms with E-state index >= 15 is 0 Å². The smallest absolute Gasteiger partial charge is 0.302 e. The molecule has 5 heteroatoms. The van der Waals surface area contributed by atoms with Gasteiger partial charge in [0.1, 0.15) is 6.10 Å². The van der Waals surface area contributed by atoms with Crippen molar-refractivity contribution in [2.24, 2.45) is 39.4 Å². The van der Waals surface area contributed by atoms with Gasteiger partial charge in [-0.3, -0.25) is 14.4 Å². The highest BCUT2D eigenvalue weighted by atomic mass is 16.5. The molecule has 0 aromatic carbocycles. The van der Waals surface area contributed by atoms with Crippen molar-refractivity contribution in [1.29, 1.82) is 0 Å². The molecule has 4 rings (SSSR count). The summed E-state index contributed by atoms with van der Waals surface area (Å²) in [6.45, 7) is 18.5. The number of fused-ring (bicyclic) bond motifs is 4. The Bertz CT molecular complexity index is 1010. The number of carbonyl (C=O) groups is 3. The number of aliphatic hydroxyl groups is 1. The van der Waals surface area contributed by atoms with Crippen molar-refractivity contribution in [2.45, 2.75) is 132 Å². The van der Waals surface area contributed by atoms with Gasteiger partial charge in [-0.2, -0.15) is 0 Å². The molecule has 2 unspecified atom stereocenters. The van der Waals surface area contributed by atoms with Crippen LogP contribution in [-0.2, 0) is 19.1 Å². The average Bonchev–Trinajstić information content (AvgIpc) is 3.01. The van der Waals surface area contributed by atoms with Gasteiger partial charge in [-0.05, 0) is 69.1 Å². The topological polar surface area (TPSA) is 80.7 Å². The van der Waals surface area contributed by atoms with Crippen LogP contribution in [0.5, 0.6) is 0 Å². The summed E-state index contributed by atoms with van der Waals surface area (Å²) < 4.78 is 5.73. The molecular weight excluding hydrogens is 464 g/mol. The number of hydrogen-bond donors (Lipinski definition) is 1. The maximum absolute atomic E-state index is 14.2. The van der Waals surface area contributed by atoms with Gasteiger partial charge in [0.15, 0.2) is 11.6 Å². The Kier molecular flexibility index (Phi) is 6.96. The third-order valence-corrected chi connectivity index (χ3v) is 11.7. The van der Waals surface area contributed by atoms with E-state index in [1.807, 2.05) is 13.8 Å². The molecule has 0 amide bonds. The Labute approximate surface area is 224 Å². The first kappa shape index (κ1) is 28.5. The lowest BCUT2D eigenvalue weighted by Crippen LogP contribution is -2.59. The first-order valence-electron chi connectivity index (χ1n) is 14.6. The van der Waals surface area contributed by atoms with Crippen molar-refractivity contribution in [2.75, 3.05) is 0 Å². The van der Waals surface area contributed by atoms with Gasteiger partial charge in [-0.25, -0.2) is 0 Å². The molecule has 4 aliphatic rings. The number of hydrogen-bond acceptors (Lipinski definition) is 5. The Morgan fingerprint density at radius 2 is 1.70 bits per heavy atom. The Morgan fingerprint density at radius 1 is 1.05 bits per heavy atom. The van der Waals surface area contributed by atoms with Crippen LogP contribution in [0.2, 0.25) is 0 Å². The summed E-state index contributed by atoms with van der Waals surface area (Å²) in [6, 6.07) is 0. The number of carbonyl (C=O) groups excluding carboxylic acids is 3. The van der Waals surface area contributed by atoms with E-state index in [0.29, 0.717) is 31.1 Å². The SMILES string of the molecule is CC(=O)O[C@H]1CC[C@]2(C)C3=C(C(=O)CC2C1(C)C)[C@]1(C)CCC([C@H](C)CCCC(C)(C)O)[C@@]1(C)CC3=O. The minimum atomic E-state index is -0.656. The van der Waals surface area contributed by atoms with Crippen LogP contribution in [0.25, 0.3) is 0 Å². The zero-order valence-corrected chi connectivity index (χ0v) is 24.8. The second-order valence-electron chi connectivity index (χ2n) is 15.0. The van der Waals surface area contributed by atoms with E-state index in [1.54, 1.807) is 0 Å². The summed E-state index contributed by atoms with van der Waals surface area (Å²) in [5.74, 6) is 0.823. The summed E-state index contributed by atoms with van der Waals surface area (Å²) in [5, 5.41) is 10.2. The van der Waals surface area contributed by atoms with Gasteiger partial charge in [0.2, 0.25) is 0 Å². The van der Waals surface area contributed by atoms with E-state index in [4.69, 9.17) is 4.74 Å². The third-order valence-electron chi connectivity index (χ3n) is 11.7. The number of rotatable bonds is 6. The zero-order valence-electron chi connectivity index (χ0n) is 24.8. The molecule has 0 saturated heterocycles. The van der Waals surface area contributed by atoms with Gasteiger partial charge >= 0.3 is 5.97 Å². The van der Waals surface area contributed by atoms with Gasteiger partial charge in [-0.1, -0.05) is 54.4 Å². The molecule has 0 aliphatic heterocycles. The van der Waals surface area contributed by atoms with E-state index in [2.05, 4.69) is 41.5 Å². The first-order chi connectivity index (χ1) is 16.9. The highest BCUT2D eigenvalue weighted by Crippen LogP contribution is 2.71. The zero-order chi connectivity index (χ0) is 27.8. The normalized spacial score (nSPS) is 40.1. The van der Waals surface area contributed by atoms with Gasteiger partial charge in [0, 0.05) is 47.2 Å². The molecule has 0 spiro atoms. The van der Waals surface area contributed by atoms with Crippen LogP contribution in [0.3, 0.4) is 0 Å². The van der Waals surface area contributed by atoms with Crippen LogP contribution in [0.1, 0.15) is 120 Å². The lowest BCUT2D eigenvalue weighted by molar-refractivity contribution is -0.169. The average molecular weight is 515 g/mol. The second kappa shape index (κ2) is 9.03. The number of allylic oxidation sites excluding steroid dienone is 2. The van der Waals surface area contributed by atoms with E-state index in [1.165, 1.54) is 6.92 Å². The van der Waals surface area contributed by atoms with Crippen LogP contribution in [-0.4, -0.2) is 34.3 Å². The summed E-state index contributed by atoms with van der Waals surface area (Å²) in [4.78, 5) is 40.1. The monoisotopic (exact) mass is 514 g/mol. The van der Waals surface area contributed by atoms with Crippen molar-refractivity contribution >= 4 is 17.5 Å². The fourth-order valence-electron chi connectivity index (χ4n) is 9.56. The Balaban J connectivity index is 1.70. The molecule has 5 nitrogen and oxygen atoms in total. The minimum Gasteiger partial charge on any atom is -0.462 e. The highest BCUT2D eigenvalue weighted by Gasteiger charge is 2.67. The summed E-state index contributed by atoms with van der Waals surface area (Å²) >= 11 is 0. The number of esters is 1. The molecule has 0 aromatic heterocycles. The van der Waals surface area contributed by atoms with Gasteiger partial charge in [0.05, 0.1) is 5.60 Å². The Hall–Kier alpha value is -1.49. The van der Waals surface area contributed by atoms with E-state index in [-0.39, 0.29) is 51.2 Å². The Morgan fingerprint density at radius 3 is 2.30 bits per heavy atom. The summed E-state index contributed by atoms with van der Waals surface area (Å²) in [6.07, 6.45) is 6.92. The van der Waals surface area contributed by atoms with Gasteiger partial charge in [-0.15, -0.1) is 0 Å². The van der Waals surface area contributed by atoms with Gasteiger partial charge in [0.25, 0.3) is 0 Å². The molecule has 0 radical (unpaired) electrons. The standard InChI is InChI=1S/C32H50O5/c1-19(11-10-14-28(3,4)36)21-12-16-31(8)27-22(34)17-24-29(5,6)25(37-20(2)33)13-15-30(24,7)26(27)23(35)18-32(21,31)9/h19,21,24-25,36H,10-18H2,1-9H3/t19-,21?,24?,25+,30+,31+,32-/m1/s1. The third kappa shape index (κ3) is 4.36. The summed E-state index contributed by atoms with van der Waals surface area (Å²) in [5.41, 5.74) is -0.287. The molecule has 37 heavy (non-hydrogen) atoms. The van der Waals surface area contributed by atoms with E-state index in [0.717, 1.165) is 49.7 Å². The van der Waals surface area contributed by atoms with Crippen LogP contribution in [0.4, 0.5) is 0 Å². The fourth-order valence-corrected chi connectivity index (χ4v) is 9.56. The molecule has 2 fully saturated rings. The first-order valence-corrected chi connectivity index (χ1v) is 14.6. The molecule has 0 aromatic rings. The van der Waals surface area contributed by atoms with Crippen LogP contribution >= 0.6 is 0 Å². The fraction of sp³-hybridized carbons (Fsp3) is 0.844. The molecule has 2 saturated carbocycles. The molecule has 7 atom stereocenters. The quantitative estimate of drug-likeness (QED) is 0.404. The summed E-state index contributed by atoms with van der Waals surface area (Å²) in [7, 11) is 0. The molecule has 0 heterocycles. The molecule has 208 valence electrons. The lowest BCUT2D eigenvalue weighted by Gasteiger charge is -2.60. The van der Waals surface area contributed by atoms with Gasteiger partial charge < -0.3 is 9.84 Å². The van der Waals surface area contributed by atoms with E-state index in [9.17, 15) is 19.5 Å². The van der Waals surface area contributed by atoms with Crippen LogP contribution in [0.15, 0.2) is 11.1 Å². The maximum Gasteiger partial charge on any atom is 0.302 e. The van der Waals surface area contributed by atoms with Crippen molar-refractivity contribution in [3.05, 3.63) is 11.1 Å². The predicted octanol–water partition coefficient (Wildman–Crippen LogP) is 6.60. The van der Waals surface area contributed by atoms with E-state index < -0.39 is 5.60 Å². The molecule has 1 N–H and O–H groups in total. The van der Waals surface area contributed by atoms with Crippen molar-refractivity contribution in [3.8, 4) is 0 Å². The number of ether oxygens (including phenoxy) is 1. The number of ketones is 2. The predicted molar refractivity (Wildman–Crippen MR) is 145 cm³/mol. The minimum absolute atomic E-state index is 0.0285. The van der Waals surface area contributed by atoms with Crippen molar-refractivity contribution in [3.63, 3.8) is 0 Å². The van der Waals surface area contributed by atoms with Crippen LogP contribution < -0.4 is 0 Å². The van der Waals surface area contributed by atoms with Crippen molar-refractivity contribution in [1.82, 2.24) is 0 Å².